The standard InChI is InChI=1S/C28H28N4O4/c1-15-7-12-21(13-16(15)2)30-27(34)24(17(3)29)31-32-25-22-6-4-5-20(22)14-23(26(25)33)18-8-10-19(11-9-18)28(35)36/h7-14,29,32-33H,4-6H2,1-3H3,(H,30,34)(H,35,36)/b29-17?,31-24-. The van der Waals surface area contributed by atoms with Crippen molar-refractivity contribution in [1.29, 1.82) is 5.41 Å². The van der Waals surface area contributed by atoms with E-state index in [0.29, 0.717) is 22.5 Å². The number of phenols is 1. The molecular formula is C28H28N4O4. The molecule has 0 bridgehead atoms. The summed E-state index contributed by atoms with van der Waals surface area (Å²) in [6.45, 7) is 5.42. The van der Waals surface area contributed by atoms with Crippen LogP contribution in [0.25, 0.3) is 11.1 Å². The van der Waals surface area contributed by atoms with Gasteiger partial charge in [-0.25, -0.2) is 4.79 Å². The van der Waals surface area contributed by atoms with E-state index < -0.39 is 11.9 Å². The number of aromatic carboxylic acids is 1. The molecule has 184 valence electrons. The van der Waals surface area contributed by atoms with Crippen molar-refractivity contribution in [2.45, 2.75) is 40.0 Å². The number of hydrogen-bond donors (Lipinski definition) is 5. The molecule has 0 fully saturated rings. The Morgan fingerprint density at radius 1 is 1.00 bits per heavy atom. The van der Waals surface area contributed by atoms with Gasteiger partial charge in [-0.3, -0.25) is 10.2 Å². The van der Waals surface area contributed by atoms with Crippen LogP contribution >= 0.6 is 0 Å². The second kappa shape index (κ2) is 10.0. The van der Waals surface area contributed by atoms with Crippen molar-refractivity contribution in [3.05, 3.63) is 76.3 Å². The van der Waals surface area contributed by atoms with E-state index in [2.05, 4.69) is 15.8 Å². The van der Waals surface area contributed by atoms with E-state index in [1.807, 2.05) is 32.0 Å². The fourth-order valence-electron chi connectivity index (χ4n) is 4.29. The van der Waals surface area contributed by atoms with Crippen LogP contribution in [0.4, 0.5) is 11.4 Å². The molecule has 8 heteroatoms. The van der Waals surface area contributed by atoms with Crippen molar-refractivity contribution in [1.82, 2.24) is 0 Å². The molecule has 3 aromatic rings. The summed E-state index contributed by atoms with van der Waals surface area (Å²) < 4.78 is 0. The van der Waals surface area contributed by atoms with E-state index >= 15 is 0 Å². The topological polar surface area (TPSA) is 135 Å². The minimum atomic E-state index is -1.02. The lowest BCUT2D eigenvalue weighted by molar-refractivity contribution is -0.110. The number of hydrazone groups is 1. The number of carbonyl (C=O) groups is 2. The summed E-state index contributed by atoms with van der Waals surface area (Å²) in [7, 11) is 0. The van der Waals surface area contributed by atoms with Crippen LogP contribution < -0.4 is 10.7 Å². The van der Waals surface area contributed by atoms with Crippen molar-refractivity contribution in [2.24, 2.45) is 5.10 Å². The molecule has 0 unspecified atom stereocenters. The number of hydrogen-bond acceptors (Lipinski definition) is 6. The largest absolute Gasteiger partial charge is 0.505 e. The fraction of sp³-hybridized carbons (Fsp3) is 0.214. The van der Waals surface area contributed by atoms with Crippen molar-refractivity contribution in [2.75, 3.05) is 10.7 Å². The lowest BCUT2D eigenvalue weighted by Gasteiger charge is -2.16. The Labute approximate surface area is 209 Å². The van der Waals surface area contributed by atoms with E-state index in [1.165, 1.54) is 19.1 Å². The minimum absolute atomic E-state index is 0.0274. The smallest absolute Gasteiger partial charge is 0.335 e. The molecule has 0 aliphatic heterocycles. The molecule has 0 aromatic heterocycles. The number of amides is 1. The van der Waals surface area contributed by atoms with Gasteiger partial charge in [0.05, 0.1) is 11.3 Å². The molecule has 1 amide bonds. The van der Waals surface area contributed by atoms with Gasteiger partial charge in [0.1, 0.15) is 11.4 Å². The summed E-state index contributed by atoms with van der Waals surface area (Å²) in [5.41, 5.74) is 9.19. The van der Waals surface area contributed by atoms with Gasteiger partial charge in [-0.1, -0.05) is 18.2 Å². The Morgan fingerprint density at radius 2 is 1.72 bits per heavy atom. The normalized spacial score (nSPS) is 12.7. The molecule has 0 saturated heterocycles. The number of aryl methyl sites for hydroxylation is 3. The van der Waals surface area contributed by atoms with Crippen LogP contribution in [0.2, 0.25) is 0 Å². The second-order valence-corrected chi connectivity index (χ2v) is 8.97. The third-order valence-electron chi connectivity index (χ3n) is 6.43. The second-order valence-electron chi connectivity index (χ2n) is 8.97. The number of carboxylic acids is 1. The highest BCUT2D eigenvalue weighted by Crippen LogP contribution is 2.43. The SMILES string of the molecule is CC(=N)/C(=N/Nc1c(O)c(-c2ccc(C(=O)O)cc2)cc2c1CCC2)C(=O)Nc1ccc(C)c(C)c1. The summed E-state index contributed by atoms with van der Waals surface area (Å²) in [5, 5.41) is 35.4. The van der Waals surface area contributed by atoms with Crippen LogP contribution in [0.3, 0.4) is 0 Å². The maximum atomic E-state index is 12.9. The predicted molar refractivity (Wildman–Crippen MR) is 142 cm³/mol. The number of fused-ring (bicyclic) bond motifs is 1. The van der Waals surface area contributed by atoms with Gasteiger partial charge in [-0.2, -0.15) is 5.10 Å². The number of phenolic OH excluding ortho intramolecular Hbond substituents is 1. The van der Waals surface area contributed by atoms with Crippen LogP contribution in [-0.4, -0.2) is 33.5 Å². The molecule has 0 saturated carbocycles. The van der Waals surface area contributed by atoms with Crippen molar-refractivity contribution in [3.63, 3.8) is 0 Å². The first-order chi connectivity index (χ1) is 17.2. The van der Waals surface area contributed by atoms with Gasteiger partial charge in [0, 0.05) is 11.3 Å². The molecule has 0 radical (unpaired) electrons. The number of carboxylic acid groups (broad SMARTS) is 1. The summed E-state index contributed by atoms with van der Waals surface area (Å²) >= 11 is 0. The van der Waals surface area contributed by atoms with Crippen molar-refractivity contribution < 1.29 is 19.8 Å². The first kappa shape index (κ1) is 24.7. The first-order valence-electron chi connectivity index (χ1n) is 11.6. The predicted octanol–water partition coefficient (Wildman–Crippen LogP) is 5.31. The average molecular weight is 485 g/mol. The van der Waals surface area contributed by atoms with Crippen molar-refractivity contribution >= 4 is 34.7 Å². The van der Waals surface area contributed by atoms with Crippen LogP contribution in [0.1, 0.15) is 46.0 Å². The lowest BCUT2D eigenvalue weighted by atomic mass is 9.96. The molecule has 36 heavy (non-hydrogen) atoms. The number of rotatable bonds is 7. The van der Waals surface area contributed by atoms with E-state index in [4.69, 9.17) is 5.41 Å². The van der Waals surface area contributed by atoms with Gasteiger partial charge < -0.3 is 20.9 Å². The summed E-state index contributed by atoms with van der Waals surface area (Å²) in [4.78, 5) is 24.1. The Bertz CT molecular complexity index is 1410. The number of aromatic hydroxyl groups is 1. The maximum absolute atomic E-state index is 12.9. The summed E-state index contributed by atoms with van der Waals surface area (Å²) in [6.07, 6.45) is 2.49. The maximum Gasteiger partial charge on any atom is 0.335 e. The molecule has 0 heterocycles. The first-order valence-corrected chi connectivity index (χ1v) is 11.6. The monoisotopic (exact) mass is 484 g/mol. The molecule has 4 rings (SSSR count). The molecular weight excluding hydrogens is 456 g/mol. The summed E-state index contributed by atoms with van der Waals surface area (Å²) in [5.74, 6) is -1.60. The van der Waals surface area contributed by atoms with Crippen LogP contribution in [0.5, 0.6) is 5.75 Å². The van der Waals surface area contributed by atoms with Gasteiger partial charge >= 0.3 is 5.97 Å². The highest BCUT2D eigenvalue weighted by atomic mass is 16.4. The number of anilines is 2. The molecule has 0 atom stereocenters. The molecule has 8 nitrogen and oxygen atoms in total. The highest BCUT2D eigenvalue weighted by Gasteiger charge is 2.23. The quantitative estimate of drug-likeness (QED) is 0.176. The Morgan fingerprint density at radius 3 is 2.36 bits per heavy atom. The Balaban J connectivity index is 1.67. The van der Waals surface area contributed by atoms with Gasteiger partial charge in [-0.05, 0) is 98.2 Å². The van der Waals surface area contributed by atoms with Gasteiger partial charge in [0.25, 0.3) is 5.91 Å². The van der Waals surface area contributed by atoms with E-state index in [0.717, 1.165) is 41.5 Å². The zero-order valence-corrected chi connectivity index (χ0v) is 20.4. The number of benzene rings is 3. The average Bonchev–Trinajstić information content (AvgIpc) is 3.31. The number of carbonyl (C=O) groups excluding carboxylic acids is 1. The third-order valence-corrected chi connectivity index (χ3v) is 6.43. The number of nitrogens with zero attached hydrogens (tertiary/aromatic N) is 1. The van der Waals surface area contributed by atoms with Crippen LogP contribution in [0.15, 0.2) is 53.6 Å². The zero-order valence-electron chi connectivity index (χ0n) is 20.4. The number of nitrogens with one attached hydrogen (secondary N) is 3. The molecule has 5 N–H and O–H groups in total. The highest BCUT2D eigenvalue weighted by molar-refractivity contribution is 6.67. The van der Waals surface area contributed by atoms with Gasteiger partial charge in [-0.15, -0.1) is 0 Å². The fourth-order valence-corrected chi connectivity index (χ4v) is 4.29. The zero-order chi connectivity index (χ0) is 26.0. The Kier molecular flexibility index (Phi) is 6.87. The molecule has 3 aromatic carbocycles. The Hall–Kier alpha value is -4.46. The molecule has 1 aliphatic carbocycles. The minimum Gasteiger partial charge on any atom is -0.505 e. The van der Waals surface area contributed by atoms with E-state index in [1.54, 1.807) is 18.2 Å². The van der Waals surface area contributed by atoms with Crippen LogP contribution in [-0.2, 0) is 17.6 Å². The van der Waals surface area contributed by atoms with E-state index in [9.17, 15) is 19.8 Å². The van der Waals surface area contributed by atoms with Crippen LogP contribution in [0, 0.1) is 19.3 Å². The van der Waals surface area contributed by atoms with Gasteiger partial charge in [0.2, 0.25) is 0 Å². The van der Waals surface area contributed by atoms with Gasteiger partial charge in [0.15, 0.2) is 5.71 Å². The third kappa shape index (κ3) is 4.98. The molecule has 0 spiro atoms. The summed E-state index contributed by atoms with van der Waals surface area (Å²) in [6, 6.07) is 13.8. The molecule has 1 aliphatic rings. The lowest BCUT2D eigenvalue weighted by Crippen LogP contribution is -2.29. The van der Waals surface area contributed by atoms with Crippen molar-refractivity contribution in [3.8, 4) is 16.9 Å². The van der Waals surface area contributed by atoms with E-state index in [-0.39, 0.29) is 22.7 Å².